The van der Waals surface area contributed by atoms with Crippen molar-refractivity contribution in [3.05, 3.63) is 35.9 Å². The van der Waals surface area contributed by atoms with Crippen molar-refractivity contribution >= 4 is 11.9 Å². The van der Waals surface area contributed by atoms with Crippen LogP contribution in [0.2, 0.25) is 0 Å². The van der Waals surface area contributed by atoms with E-state index in [0.717, 1.165) is 0 Å². The van der Waals surface area contributed by atoms with Crippen LogP contribution in [0.5, 0.6) is 0 Å². The Kier molecular flexibility index (Phi) is 5.06. The fourth-order valence-corrected chi connectivity index (χ4v) is 1.41. The van der Waals surface area contributed by atoms with Gasteiger partial charge in [0.15, 0.2) is 5.78 Å². The molecule has 0 heterocycles. The van der Waals surface area contributed by atoms with Crippen LogP contribution >= 0.6 is 0 Å². The number of aliphatic hydroxyl groups is 1. The third kappa shape index (κ3) is 4.71. The van der Waals surface area contributed by atoms with Gasteiger partial charge in [0.2, 0.25) is 0 Å². The number of rotatable bonds is 5. The van der Waals surface area contributed by atoms with Crippen LogP contribution in [0.25, 0.3) is 0 Å². The van der Waals surface area contributed by atoms with E-state index in [2.05, 4.69) is 5.32 Å². The first-order chi connectivity index (χ1) is 8.85. The summed E-state index contributed by atoms with van der Waals surface area (Å²) < 4.78 is 4.99. The summed E-state index contributed by atoms with van der Waals surface area (Å²) >= 11 is 0. The molecule has 0 saturated heterocycles. The Bertz CT molecular complexity index is 442. The molecule has 0 aliphatic heterocycles. The minimum Gasteiger partial charge on any atom is -0.441 e. The minimum absolute atomic E-state index is 0.195. The maximum atomic E-state index is 12.0. The first-order valence-corrected chi connectivity index (χ1v) is 6.05. The van der Waals surface area contributed by atoms with Gasteiger partial charge in [-0.05, 0) is 20.8 Å². The number of carbonyl (C=O) groups is 2. The Morgan fingerprint density at radius 3 is 2.42 bits per heavy atom. The lowest BCUT2D eigenvalue weighted by molar-refractivity contribution is -0.00430. The number of ether oxygens (including phenoxy) is 1. The maximum Gasteiger partial charge on any atom is 0.408 e. The largest absolute Gasteiger partial charge is 0.441 e. The van der Waals surface area contributed by atoms with Crippen molar-refractivity contribution in [1.29, 1.82) is 0 Å². The maximum absolute atomic E-state index is 12.0. The number of Topliss-reactive ketones (excluding diaryl/α,β-unsaturated/α-hetero) is 1. The number of nitrogens with one attached hydrogen (secondary N) is 1. The van der Waals surface area contributed by atoms with Gasteiger partial charge in [-0.15, -0.1) is 0 Å². The summed E-state index contributed by atoms with van der Waals surface area (Å²) in [6, 6.07) is 8.00. The molecule has 0 aliphatic carbocycles. The third-order valence-corrected chi connectivity index (χ3v) is 2.54. The van der Waals surface area contributed by atoms with Crippen molar-refractivity contribution in [1.82, 2.24) is 5.32 Å². The van der Waals surface area contributed by atoms with Gasteiger partial charge in [-0.25, -0.2) is 4.79 Å². The van der Waals surface area contributed by atoms with Gasteiger partial charge in [0.05, 0.1) is 12.6 Å². The predicted molar refractivity (Wildman–Crippen MR) is 71.0 cm³/mol. The van der Waals surface area contributed by atoms with Gasteiger partial charge in [-0.1, -0.05) is 30.3 Å². The third-order valence-electron chi connectivity index (χ3n) is 2.54. The molecule has 2 N–H and O–H groups in total. The van der Waals surface area contributed by atoms with Crippen molar-refractivity contribution in [2.45, 2.75) is 32.4 Å². The van der Waals surface area contributed by atoms with Crippen molar-refractivity contribution in [2.24, 2.45) is 0 Å². The Balaban J connectivity index is 2.58. The fourth-order valence-electron chi connectivity index (χ4n) is 1.41. The molecule has 1 atom stereocenters. The highest BCUT2D eigenvalue weighted by molar-refractivity contribution is 6.01. The molecule has 1 aromatic rings. The summed E-state index contributed by atoms with van der Waals surface area (Å²) in [5.41, 5.74) is -0.448. The lowest BCUT2D eigenvalue weighted by Gasteiger charge is -2.23. The molecule has 1 aromatic carbocycles. The van der Waals surface area contributed by atoms with E-state index in [1.54, 1.807) is 45.0 Å². The molecule has 1 rings (SSSR count). The van der Waals surface area contributed by atoms with Gasteiger partial charge < -0.3 is 15.2 Å². The zero-order valence-electron chi connectivity index (χ0n) is 11.3. The average molecular weight is 265 g/mol. The molecule has 1 unspecified atom stereocenters. The van der Waals surface area contributed by atoms with Gasteiger partial charge in [0.25, 0.3) is 0 Å². The van der Waals surface area contributed by atoms with Crippen LogP contribution in [-0.4, -0.2) is 35.2 Å². The number of carbonyl (C=O) groups excluding carboxylic acids is 2. The van der Waals surface area contributed by atoms with Crippen molar-refractivity contribution in [2.75, 3.05) is 6.61 Å². The molecule has 5 nitrogen and oxygen atoms in total. The summed E-state index contributed by atoms with van der Waals surface area (Å²) in [6.45, 7) is 4.45. The monoisotopic (exact) mass is 265 g/mol. The fraction of sp³-hybridized carbons (Fsp3) is 0.429. The van der Waals surface area contributed by atoms with Crippen LogP contribution in [-0.2, 0) is 4.74 Å². The second kappa shape index (κ2) is 6.33. The van der Waals surface area contributed by atoms with Crippen LogP contribution in [0.1, 0.15) is 31.1 Å². The Labute approximate surface area is 112 Å². The zero-order valence-corrected chi connectivity index (χ0v) is 11.3. The number of amides is 1. The lowest BCUT2D eigenvalue weighted by Crippen LogP contribution is -2.43. The molecular weight excluding hydrogens is 246 g/mol. The number of alkyl carbamates (subject to hydrolysis) is 1. The van der Waals surface area contributed by atoms with Crippen LogP contribution < -0.4 is 5.32 Å². The van der Waals surface area contributed by atoms with E-state index in [0.29, 0.717) is 5.56 Å². The van der Waals surface area contributed by atoms with Gasteiger partial charge in [-0.2, -0.15) is 0 Å². The topological polar surface area (TPSA) is 75.6 Å². The van der Waals surface area contributed by atoms with Crippen LogP contribution in [0, 0.1) is 0 Å². The first kappa shape index (κ1) is 15.2. The van der Waals surface area contributed by atoms with Gasteiger partial charge >= 0.3 is 6.09 Å². The highest BCUT2D eigenvalue weighted by Crippen LogP contribution is 2.08. The Morgan fingerprint density at radius 2 is 1.89 bits per heavy atom. The summed E-state index contributed by atoms with van der Waals surface area (Å²) in [6.07, 6.45) is -0.726. The highest BCUT2D eigenvalue weighted by atomic mass is 16.6. The molecule has 0 radical (unpaired) electrons. The SMILES string of the molecule is CC(NC(=O)OC(C)(C)CO)C(=O)c1ccccc1. The molecule has 104 valence electrons. The summed E-state index contributed by atoms with van der Waals surface area (Å²) in [5.74, 6) is -0.195. The van der Waals surface area contributed by atoms with E-state index in [1.807, 2.05) is 6.07 Å². The Morgan fingerprint density at radius 1 is 1.32 bits per heavy atom. The Hall–Kier alpha value is -1.88. The smallest absolute Gasteiger partial charge is 0.408 e. The molecule has 0 fully saturated rings. The van der Waals surface area contributed by atoms with E-state index in [1.165, 1.54) is 0 Å². The summed E-state index contributed by atoms with van der Waals surface area (Å²) in [5, 5.41) is 11.4. The second-order valence-corrected chi connectivity index (χ2v) is 4.90. The number of hydrogen-bond acceptors (Lipinski definition) is 4. The minimum atomic E-state index is -0.973. The normalized spacial score (nSPS) is 12.6. The van der Waals surface area contributed by atoms with Gasteiger partial charge in [0.1, 0.15) is 5.60 Å². The van der Waals surface area contributed by atoms with Crippen molar-refractivity contribution in [3.63, 3.8) is 0 Å². The molecule has 0 saturated carbocycles. The van der Waals surface area contributed by atoms with Crippen LogP contribution in [0.15, 0.2) is 30.3 Å². The van der Waals surface area contributed by atoms with E-state index in [4.69, 9.17) is 9.84 Å². The van der Waals surface area contributed by atoms with Crippen molar-refractivity contribution in [3.8, 4) is 0 Å². The molecule has 1 amide bonds. The number of hydrogen-bond donors (Lipinski definition) is 2. The highest BCUT2D eigenvalue weighted by Gasteiger charge is 2.24. The summed E-state index contributed by atoms with van der Waals surface area (Å²) in [4.78, 5) is 23.6. The van der Waals surface area contributed by atoms with Crippen molar-refractivity contribution < 1.29 is 19.4 Å². The summed E-state index contributed by atoms with van der Waals surface area (Å²) in [7, 11) is 0. The molecule has 0 aromatic heterocycles. The molecule has 19 heavy (non-hydrogen) atoms. The molecule has 0 aliphatic rings. The molecule has 5 heteroatoms. The lowest BCUT2D eigenvalue weighted by atomic mass is 10.1. The van der Waals surface area contributed by atoms with Gasteiger partial charge in [0, 0.05) is 5.56 Å². The first-order valence-electron chi connectivity index (χ1n) is 6.05. The van der Waals surface area contributed by atoms with E-state index < -0.39 is 17.7 Å². The van der Waals surface area contributed by atoms with Crippen LogP contribution in [0.3, 0.4) is 0 Å². The zero-order chi connectivity index (χ0) is 14.5. The second-order valence-electron chi connectivity index (χ2n) is 4.90. The number of aliphatic hydroxyl groups excluding tert-OH is 1. The molecule has 0 bridgehead atoms. The molecular formula is C14H19NO4. The van der Waals surface area contributed by atoms with E-state index in [9.17, 15) is 9.59 Å². The quantitative estimate of drug-likeness (QED) is 0.795. The van der Waals surface area contributed by atoms with E-state index in [-0.39, 0.29) is 12.4 Å². The van der Waals surface area contributed by atoms with Crippen LogP contribution in [0.4, 0.5) is 4.79 Å². The van der Waals surface area contributed by atoms with Gasteiger partial charge in [-0.3, -0.25) is 4.79 Å². The molecule has 0 spiro atoms. The number of ketones is 1. The number of benzene rings is 1. The predicted octanol–water partition coefficient (Wildman–Crippen LogP) is 1.75. The van der Waals surface area contributed by atoms with E-state index >= 15 is 0 Å². The average Bonchev–Trinajstić information content (AvgIpc) is 2.38. The standard InChI is InChI=1S/C14H19NO4/c1-10(12(17)11-7-5-4-6-8-11)15-13(18)19-14(2,3)9-16/h4-8,10,16H,9H2,1-3H3,(H,15,18).